The van der Waals surface area contributed by atoms with Gasteiger partial charge in [-0.2, -0.15) is 13.9 Å². The summed E-state index contributed by atoms with van der Waals surface area (Å²) in [7, 11) is 1.67. The predicted octanol–water partition coefficient (Wildman–Crippen LogP) is 3.63. The van der Waals surface area contributed by atoms with Gasteiger partial charge < -0.3 is 10.1 Å². The van der Waals surface area contributed by atoms with Crippen molar-refractivity contribution in [2.75, 3.05) is 7.05 Å². The predicted molar refractivity (Wildman–Crippen MR) is 94.3 cm³/mol. The number of para-hydroxylation sites is 1. The van der Waals surface area contributed by atoms with Crippen LogP contribution in [0.4, 0.5) is 8.78 Å². The first kappa shape index (κ1) is 17.8. The van der Waals surface area contributed by atoms with E-state index in [2.05, 4.69) is 15.2 Å². The molecule has 0 aromatic heterocycles. The molecule has 0 unspecified atom stereocenters. The van der Waals surface area contributed by atoms with Crippen LogP contribution in [-0.4, -0.2) is 30.0 Å². The minimum atomic E-state index is -2.88. The molecule has 1 N–H and O–H groups in total. The van der Waals surface area contributed by atoms with Crippen LogP contribution < -0.4 is 10.1 Å². The molecular formula is C17H17F2N3OS. The second kappa shape index (κ2) is 8.93. The van der Waals surface area contributed by atoms with Gasteiger partial charge in [-0.1, -0.05) is 42.5 Å². The molecular weight excluding hydrogens is 332 g/mol. The Morgan fingerprint density at radius 2 is 1.88 bits per heavy atom. The van der Waals surface area contributed by atoms with Crippen molar-refractivity contribution >= 4 is 23.5 Å². The highest BCUT2D eigenvalue weighted by Crippen LogP contribution is 2.18. The van der Waals surface area contributed by atoms with E-state index in [-0.39, 0.29) is 5.75 Å². The number of rotatable bonds is 6. The van der Waals surface area contributed by atoms with Crippen LogP contribution in [0.25, 0.3) is 0 Å². The Morgan fingerprint density at radius 3 is 2.58 bits per heavy atom. The first-order chi connectivity index (χ1) is 11.6. The lowest BCUT2D eigenvalue weighted by molar-refractivity contribution is -0.0499. The number of alkyl halides is 2. The van der Waals surface area contributed by atoms with Gasteiger partial charge in [-0.3, -0.25) is 0 Å². The number of ether oxygens (including phenoxy) is 1. The molecule has 24 heavy (non-hydrogen) atoms. The lowest BCUT2D eigenvalue weighted by atomic mass is 10.2. The molecule has 0 bridgehead atoms. The van der Waals surface area contributed by atoms with Crippen LogP contribution in [0.1, 0.15) is 11.1 Å². The summed E-state index contributed by atoms with van der Waals surface area (Å²) in [5, 5.41) is 9.10. The van der Waals surface area contributed by atoms with Crippen molar-refractivity contribution in [3.8, 4) is 5.75 Å². The summed E-state index contributed by atoms with van der Waals surface area (Å²) in [6, 6.07) is 16.2. The molecule has 2 rings (SSSR count). The Balaban J connectivity index is 1.94. The van der Waals surface area contributed by atoms with Gasteiger partial charge in [-0.25, -0.2) is 5.01 Å². The first-order valence-corrected chi connectivity index (χ1v) is 7.60. The second-order valence-corrected chi connectivity index (χ2v) is 5.22. The fourth-order valence-corrected chi connectivity index (χ4v) is 2.00. The molecule has 0 aliphatic heterocycles. The van der Waals surface area contributed by atoms with Crippen LogP contribution in [0.2, 0.25) is 0 Å². The molecule has 7 heteroatoms. The summed E-state index contributed by atoms with van der Waals surface area (Å²) < 4.78 is 29.2. The van der Waals surface area contributed by atoms with Gasteiger partial charge in [-0.05, 0) is 29.9 Å². The van der Waals surface area contributed by atoms with Gasteiger partial charge in [0.25, 0.3) is 0 Å². The Morgan fingerprint density at radius 1 is 1.21 bits per heavy atom. The average Bonchev–Trinajstić information content (AvgIpc) is 2.59. The number of hydrazone groups is 1. The quantitative estimate of drug-likeness (QED) is 0.491. The number of nitrogens with zero attached hydrogens (tertiary/aromatic N) is 2. The number of hydrogen-bond acceptors (Lipinski definition) is 3. The third-order valence-corrected chi connectivity index (χ3v) is 3.49. The zero-order valence-corrected chi connectivity index (χ0v) is 13.8. The van der Waals surface area contributed by atoms with Crippen LogP contribution >= 0.6 is 12.2 Å². The molecule has 0 atom stereocenters. The summed E-state index contributed by atoms with van der Waals surface area (Å²) in [6.07, 6.45) is 1.42. The van der Waals surface area contributed by atoms with E-state index in [0.29, 0.717) is 17.2 Å². The highest BCUT2D eigenvalue weighted by molar-refractivity contribution is 7.80. The third kappa shape index (κ3) is 5.58. The van der Waals surface area contributed by atoms with Crippen molar-refractivity contribution in [2.45, 2.75) is 13.2 Å². The molecule has 2 aromatic rings. The SMILES string of the molecule is CN(/N=C\c1ccccc1OC(F)F)C(=S)NCc1ccccc1. The Labute approximate surface area is 144 Å². The fourth-order valence-electron chi connectivity index (χ4n) is 1.88. The molecule has 2 aromatic carbocycles. The van der Waals surface area contributed by atoms with Crippen LogP contribution in [0.5, 0.6) is 5.75 Å². The molecule has 0 fully saturated rings. The lowest BCUT2D eigenvalue weighted by Crippen LogP contribution is -2.33. The van der Waals surface area contributed by atoms with Gasteiger partial charge in [0.05, 0.1) is 6.21 Å². The first-order valence-electron chi connectivity index (χ1n) is 7.19. The highest BCUT2D eigenvalue weighted by Gasteiger charge is 2.08. The minimum Gasteiger partial charge on any atom is -0.434 e. The molecule has 0 saturated carbocycles. The summed E-state index contributed by atoms with van der Waals surface area (Å²) >= 11 is 5.24. The lowest BCUT2D eigenvalue weighted by Gasteiger charge is -2.16. The van der Waals surface area contributed by atoms with Gasteiger partial charge >= 0.3 is 6.61 Å². The van der Waals surface area contributed by atoms with E-state index in [0.717, 1.165) is 5.56 Å². The maximum absolute atomic E-state index is 12.4. The summed E-state index contributed by atoms with van der Waals surface area (Å²) in [4.78, 5) is 0. The van der Waals surface area contributed by atoms with Crippen molar-refractivity contribution in [3.05, 3.63) is 65.7 Å². The Hall–Kier alpha value is -2.54. The van der Waals surface area contributed by atoms with E-state index in [1.165, 1.54) is 17.3 Å². The van der Waals surface area contributed by atoms with Gasteiger partial charge in [0.2, 0.25) is 0 Å². The van der Waals surface area contributed by atoms with Crippen molar-refractivity contribution in [1.82, 2.24) is 10.3 Å². The molecule has 0 aliphatic rings. The van der Waals surface area contributed by atoms with E-state index in [1.807, 2.05) is 30.3 Å². The normalized spacial score (nSPS) is 10.8. The largest absolute Gasteiger partial charge is 0.434 e. The van der Waals surface area contributed by atoms with Crippen molar-refractivity contribution in [3.63, 3.8) is 0 Å². The molecule has 126 valence electrons. The number of nitrogens with one attached hydrogen (secondary N) is 1. The van der Waals surface area contributed by atoms with E-state index in [1.54, 1.807) is 25.2 Å². The van der Waals surface area contributed by atoms with Gasteiger partial charge in [-0.15, -0.1) is 0 Å². The topological polar surface area (TPSA) is 36.9 Å². The molecule has 0 aliphatic carbocycles. The summed E-state index contributed by atoms with van der Waals surface area (Å²) in [6.45, 7) is -2.31. The van der Waals surface area contributed by atoms with Crippen molar-refractivity contribution in [2.24, 2.45) is 5.10 Å². The number of thiocarbonyl (C=S) groups is 1. The smallest absolute Gasteiger partial charge is 0.387 e. The Kier molecular flexibility index (Phi) is 6.62. The number of halogens is 2. The monoisotopic (exact) mass is 349 g/mol. The maximum atomic E-state index is 12.4. The number of hydrogen-bond donors (Lipinski definition) is 1. The average molecular weight is 349 g/mol. The van der Waals surface area contributed by atoms with Crippen molar-refractivity contribution in [1.29, 1.82) is 0 Å². The molecule has 0 saturated heterocycles. The number of benzene rings is 2. The van der Waals surface area contributed by atoms with Gasteiger partial charge in [0, 0.05) is 19.2 Å². The molecule has 4 nitrogen and oxygen atoms in total. The van der Waals surface area contributed by atoms with Crippen LogP contribution in [0, 0.1) is 0 Å². The second-order valence-electron chi connectivity index (χ2n) is 4.83. The molecule has 0 amide bonds. The summed E-state index contributed by atoms with van der Waals surface area (Å²) in [5.74, 6) is 0.0628. The van der Waals surface area contributed by atoms with E-state index < -0.39 is 6.61 Å². The minimum absolute atomic E-state index is 0.0628. The fraction of sp³-hybridized carbons (Fsp3) is 0.176. The zero-order chi connectivity index (χ0) is 17.4. The molecule has 0 radical (unpaired) electrons. The van der Waals surface area contributed by atoms with E-state index in [9.17, 15) is 8.78 Å². The van der Waals surface area contributed by atoms with Gasteiger partial charge in [0.1, 0.15) is 5.75 Å². The zero-order valence-electron chi connectivity index (χ0n) is 13.0. The van der Waals surface area contributed by atoms with Crippen LogP contribution in [0.3, 0.4) is 0 Å². The molecule has 0 heterocycles. The highest BCUT2D eigenvalue weighted by atomic mass is 32.1. The molecule has 0 spiro atoms. The maximum Gasteiger partial charge on any atom is 0.387 e. The summed E-state index contributed by atoms with van der Waals surface area (Å²) in [5.41, 5.74) is 1.53. The Bertz CT molecular complexity index is 695. The standard InChI is InChI=1S/C17H17F2N3OS/c1-22(17(24)20-11-13-7-3-2-4-8-13)21-12-14-9-5-6-10-15(14)23-16(18)19/h2-10,12,16H,11H2,1H3,(H,20,24)/b21-12-. The van der Waals surface area contributed by atoms with Crippen LogP contribution in [0.15, 0.2) is 59.7 Å². The van der Waals surface area contributed by atoms with E-state index >= 15 is 0 Å². The van der Waals surface area contributed by atoms with E-state index in [4.69, 9.17) is 12.2 Å². The third-order valence-electron chi connectivity index (χ3n) is 3.09. The van der Waals surface area contributed by atoms with Gasteiger partial charge in [0.15, 0.2) is 5.11 Å². The van der Waals surface area contributed by atoms with Crippen molar-refractivity contribution < 1.29 is 13.5 Å². The van der Waals surface area contributed by atoms with Crippen LogP contribution in [-0.2, 0) is 6.54 Å².